The van der Waals surface area contributed by atoms with E-state index in [0.717, 1.165) is 11.8 Å². The maximum atomic E-state index is 6.63. The highest BCUT2D eigenvalue weighted by Gasteiger charge is 2.34. The zero-order chi connectivity index (χ0) is 12.1. The average Bonchev–Trinajstić information content (AvgIpc) is 2.81. The number of hydrogen-bond donors (Lipinski definition) is 1. The van der Waals surface area contributed by atoms with Crippen LogP contribution in [0.1, 0.15) is 84.0 Å². The highest BCUT2D eigenvalue weighted by Crippen LogP contribution is 2.40. The minimum absolute atomic E-state index is 0.220. The van der Waals surface area contributed by atoms with Crippen LogP contribution in [0.3, 0.4) is 0 Å². The molecule has 0 aromatic rings. The fourth-order valence-electron chi connectivity index (χ4n) is 4.03. The van der Waals surface area contributed by atoms with Crippen LogP contribution in [0.4, 0.5) is 0 Å². The van der Waals surface area contributed by atoms with E-state index in [2.05, 4.69) is 6.92 Å². The molecule has 2 rings (SSSR count). The smallest absolute Gasteiger partial charge is 0.0157 e. The first kappa shape index (κ1) is 13.4. The lowest BCUT2D eigenvalue weighted by Gasteiger charge is -2.39. The fraction of sp³-hybridized carbons (Fsp3) is 1.00. The van der Waals surface area contributed by atoms with Gasteiger partial charge in [0.15, 0.2) is 0 Å². The Balaban J connectivity index is 1.72. The van der Waals surface area contributed by atoms with Crippen molar-refractivity contribution in [3.05, 3.63) is 0 Å². The van der Waals surface area contributed by atoms with Crippen LogP contribution in [0.2, 0.25) is 0 Å². The number of unbranched alkanes of at least 4 members (excludes halogenated alkanes) is 1. The predicted molar refractivity (Wildman–Crippen MR) is 75.0 cm³/mol. The van der Waals surface area contributed by atoms with Crippen molar-refractivity contribution < 1.29 is 0 Å². The largest absolute Gasteiger partial charge is 0.325 e. The number of hydrogen-bond acceptors (Lipinski definition) is 1. The van der Waals surface area contributed by atoms with Crippen LogP contribution in [0.25, 0.3) is 0 Å². The van der Waals surface area contributed by atoms with Crippen LogP contribution in [0, 0.1) is 11.8 Å². The maximum absolute atomic E-state index is 6.63. The molecule has 0 radical (unpaired) electrons. The molecule has 2 aliphatic carbocycles. The lowest BCUT2D eigenvalue weighted by molar-refractivity contribution is 0.188. The van der Waals surface area contributed by atoms with Crippen LogP contribution >= 0.6 is 0 Å². The van der Waals surface area contributed by atoms with Crippen molar-refractivity contribution in [2.24, 2.45) is 17.6 Å². The van der Waals surface area contributed by atoms with Gasteiger partial charge in [-0.15, -0.1) is 0 Å². The molecule has 2 N–H and O–H groups in total. The Morgan fingerprint density at radius 1 is 1.00 bits per heavy atom. The van der Waals surface area contributed by atoms with E-state index < -0.39 is 0 Å². The lowest BCUT2D eigenvalue weighted by atomic mass is 9.71. The standard InChI is InChI=1S/C16H31N/c1-2-3-6-14-9-11-16(17,12-10-14)13-15-7-4-5-8-15/h14-15H,2-13,17H2,1H3. The van der Waals surface area contributed by atoms with Crippen LogP contribution in [0.15, 0.2) is 0 Å². The summed E-state index contributed by atoms with van der Waals surface area (Å²) < 4.78 is 0. The molecular weight excluding hydrogens is 206 g/mol. The van der Waals surface area contributed by atoms with E-state index in [1.54, 1.807) is 0 Å². The van der Waals surface area contributed by atoms with Gasteiger partial charge in [-0.25, -0.2) is 0 Å². The molecule has 0 spiro atoms. The van der Waals surface area contributed by atoms with Crippen molar-refractivity contribution in [1.29, 1.82) is 0 Å². The Labute approximate surface area is 108 Å². The molecule has 1 heteroatoms. The molecule has 0 aromatic heterocycles. The van der Waals surface area contributed by atoms with Gasteiger partial charge in [0.25, 0.3) is 0 Å². The second-order valence-corrected chi connectivity index (χ2v) is 6.80. The van der Waals surface area contributed by atoms with Crippen molar-refractivity contribution in [3.8, 4) is 0 Å². The Bertz CT molecular complexity index is 210. The van der Waals surface area contributed by atoms with Crippen molar-refractivity contribution >= 4 is 0 Å². The first-order chi connectivity index (χ1) is 8.22. The Hall–Kier alpha value is -0.0400. The first-order valence-corrected chi connectivity index (χ1v) is 8.01. The molecule has 17 heavy (non-hydrogen) atoms. The molecule has 2 aliphatic rings. The van der Waals surface area contributed by atoms with Gasteiger partial charge in [-0.1, -0.05) is 51.9 Å². The van der Waals surface area contributed by atoms with E-state index in [-0.39, 0.29) is 5.54 Å². The first-order valence-electron chi connectivity index (χ1n) is 8.01. The van der Waals surface area contributed by atoms with Gasteiger partial charge in [0.1, 0.15) is 0 Å². The summed E-state index contributed by atoms with van der Waals surface area (Å²) >= 11 is 0. The monoisotopic (exact) mass is 237 g/mol. The SMILES string of the molecule is CCCCC1CCC(N)(CC2CCCC2)CC1. The summed E-state index contributed by atoms with van der Waals surface area (Å²) in [5, 5.41) is 0. The molecule has 0 aliphatic heterocycles. The number of nitrogens with two attached hydrogens (primary N) is 1. The maximum Gasteiger partial charge on any atom is 0.0157 e. The third-order valence-corrected chi connectivity index (χ3v) is 5.24. The molecule has 0 aromatic carbocycles. The van der Waals surface area contributed by atoms with Crippen molar-refractivity contribution in [1.82, 2.24) is 0 Å². The zero-order valence-corrected chi connectivity index (χ0v) is 11.7. The average molecular weight is 237 g/mol. The molecule has 0 unspecified atom stereocenters. The second kappa shape index (κ2) is 6.22. The van der Waals surface area contributed by atoms with Crippen molar-refractivity contribution in [3.63, 3.8) is 0 Å². The van der Waals surface area contributed by atoms with Crippen LogP contribution in [-0.4, -0.2) is 5.54 Å². The predicted octanol–water partition coefficient (Wildman–Crippen LogP) is 4.64. The highest BCUT2D eigenvalue weighted by molar-refractivity contribution is 4.92. The van der Waals surface area contributed by atoms with E-state index in [0.29, 0.717) is 0 Å². The lowest BCUT2D eigenvalue weighted by Crippen LogP contribution is -2.44. The van der Waals surface area contributed by atoms with Crippen LogP contribution in [-0.2, 0) is 0 Å². The highest BCUT2D eigenvalue weighted by atomic mass is 14.7. The molecule has 0 heterocycles. The summed E-state index contributed by atoms with van der Waals surface area (Å²) in [5.74, 6) is 1.96. The number of rotatable bonds is 5. The molecule has 1 nitrogen and oxygen atoms in total. The Kier molecular flexibility index (Phi) is 4.90. The molecular formula is C16H31N. The van der Waals surface area contributed by atoms with E-state index in [9.17, 15) is 0 Å². The second-order valence-electron chi connectivity index (χ2n) is 6.80. The van der Waals surface area contributed by atoms with Crippen molar-refractivity contribution in [2.45, 2.75) is 89.5 Å². The van der Waals surface area contributed by atoms with E-state index in [1.807, 2.05) is 0 Å². The molecule has 0 amide bonds. The van der Waals surface area contributed by atoms with E-state index >= 15 is 0 Å². The normalized spacial score (nSPS) is 35.3. The van der Waals surface area contributed by atoms with Gasteiger partial charge in [0.05, 0.1) is 0 Å². The van der Waals surface area contributed by atoms with E-state index in [1.165, 1.54) is 77.0 Å². The van der Waals surface area contributed by atoms with Gasteiger partial charge in [0, 0.05) is 5.54 Å². The van der Waals surface area contributed by atoms with Gasteiger partial charge in [-0.05, 0) is 43.9 Å². The van der Waals surface area contributed by atoms with Crippen LogP contribution < -0.4 is 5.73 Å². The topological polar surface area (TPSA) is 26.0 Å². The minimum atomic E-state index is 0.220. The van der Waals surface area contributed by atoms with Crippen LogP contribution in [0.5, 0.6) is 0 Å². The molecule has 100 valence electrons. The third-order valence-electron chi connectivity index (χ3n) is 5.24. The zero-order valence-electron chi connectivity index (χ0n) is 11.7. The molecule has 0 atom stereocenters. The van der Waals surface area contributed by atoms with Gasteiger partial charge in [-0.3, -0.25) is 0 Å². The van der Waals surface area contributed by atoms with Crippen molar-refractivity contribution in [2.75, 3.05) is 0 Å². The fourth-order valence-corrected chi connectivity index (χ4v) is 4.03. The van der Waals surface area contributed by atoms with E-state index in [4.69, 9.17) is 5.73 Å². The summed E-state index contributed by atoms with van der Waals surface area (Å²) in [5.41, 5.74) is 6.85. The third kappa shape index (κ3) is 3.98. The quantitative estimate of drug-likeness (QED) is 0.740. The summed E-state index contributed by atoms with van der Waals surface area (Å²) in [6.45, 7) is 2.30. The van der Waals surface area contributed by atoms with Gasteiger partial charge >= 0.3 is 0 Å². The summed E-state index contributed by atoms with van der Waals surface area (Å²) in [6, 6.07) is 0. The minimum Gasteiger partial charge on any atom is -0.325 e. The molecule has 2 saturated carbocycles. The molecule has 2 fully saturated rings. The van der Waals surface area contributed by atoms with Gasteiger partial charge in [-0.2, -0.15) is 0 Å². The molecule has 0 saturated heterocycles. The Morgan fingerprint density at radius 3 is 2.24 bits per heavy atom. The van der Waals surface area contributed by atoms with Gasteiger partial charge < -0.3 is 5.73 Å². The summed E-state index contributed by atoms with van der Waals surface area (Å²) in [6.07, 6.45) is 16.8. The summed E-state index contributed by atoms with van der Waals surface area (Å²) in [4.78, 5) is 0. The molecule has 0 bridgehead atoms. The summed E-state index contributed by atoms with van der Waals surface area (Å²) in [7, 11) is 0. The van der Waals surface area contributed by atoms with Gasteiger partial charge in [0.2, 0.25) is 0 Å². The Morgan fingerprint density at radius 2 is 1.65 bits per heavy atom.